The maximum absolute atomic E-state index is 12.4. The number of carbonyl (C=O) groups excluding carboxylic acids is 2. The highest BCUT2D eigenvalue weighted by Gasteiger charge is 2.19. The minimum absolute atomic E-state index is 0.0186. The number of aryl methyl sites for hydroxylation is 2. The van der Waals surface area contributed by atoms with E-state index in [1.165, 1.54) is 55.9 Å². The van der Waals surface area contributed by atoms with Gasteiger partial charge >= 0.3 is 0 Å². The Morgan fingerprint density at radius 3 is 2.45 bits per heavy atom. The van der Waals surface area contributed by atoms with Crippen molar-refractivity contribution in [1.82, 2.24) is 10.9 Å². The van der Waals surface area contributed by atoms with E-state index in [9.17, 15) is 9.59 Å². The van der Waals surface area contributed by atoms with E-state index in [-0.39, 0.29) is 18.2 Å². The zero-order valence-corrected chi connectivity index (χ0v) is 17.7. The standard InChI is InChI=1S/C21H26N2O5S/c1-26-15-10-9-14(19(27-2)20(15)28-3)12-18(24)22-23-21(25)17-11-13-7-5-4-6-8-16(13)29-17/h9-11H,4-8,12H2,1-3H3,(H,22,24)(H,23,25). The van der Waals surface area contributed by atoms with Gasteiger partial charge in [-0.25, -0.2) is 0 Å². The van der Waals surface area contributed by atoms with E-state index < -0.39 is 0 Å². The van der Waals surface area contributed by atoms with Gasteiger partial charge in [-0.2, -0.15) is 0 Å². The first-order valence-electron chi connectivity index (χ1n) is 9.56. The second-order valence-electron chi connectivity index (χ2n) is 6.79. The van der Waals surface area contributed by atoms with E-state index in [2.05, 4.69) is 10.9 Å². The third-order valence-electron chi connectivity index (χ3n) is 4.92. The number of thiophene rings is 1. The van der Waals surface area contributed by atoms with Crippen molar-refractivity contribution < 1.29 is 23.8 Å². The molecule has 1 aliphatic carbocycles. The molecule has 29 heavy (non-hydrogen) atoms. The number of hydrogen-bond acceptors (Lipinski definition) is 6. The Morgan fingerprint density at radius 2 is 1.72 bits per heavy atom. The predicted octanol–water partition coefficient (Wildman–Crippen LogP) is 3.05. The van der Waals surface area contributed by atoms with Crippen LogP contribution in [0.1, 0.15) is 44.9 Å². The van der Waals surface area contributed by atoms with Crippen LogP contribution >= 0.6 is 11.3 Å². The lowest BCUT2D eigenvalue weighted by atomic mass is 10.1. The number of carbonyl (C=O) groups is 2. The van der Waals surface area contributed by atoms with Crippen molar-refractivity contribution in [2.24, 2.45) is 0 Å². The molecule has 156 valence electrons. The average molecular weight is 419 g/mol. The Morgan fingerprint density at radius 1 is 0.966 bits per heavy atom. The van der Waals surface area contributed by atoms with Crippen LogP contribution in [0, 0.1) is 0 Å². The highest BCUT2D eigenvalue weighted by atomic mass is 32.1. The molecule has 8 heteroatoms. The molecule has 0 saturated heterocycles. The molecule has 3 rings (SSSR count). The number of benzene rings is 1. The molecule has 2 N–H and O–H groups in total. The zero-order chi connectivity index (χ0) is 20.8. The minimum Gasteiger partial charge on any atom is -0.493 e. The summed E-state index contributed by atoms with van der Waals surface area (Å²) in [5.41, 5.74) is 6.88. The first-order valence-corrected chi connectivity index (χ1v) is 10.4. The van der Waals surface area contributed by atoms with Crippen molar-refractivity contribution in [3.8, 4) is 17.2 Å². The molecule has 2 aromatic rings. The quantitative estimate of drug-likeness (QED) is 0.556. The highest BCUT2D eigenvalue weighted by Crippen LogP contribution is 2.39. The molecule has 0 unspecified atom stereocenters. The summed E-state index contributed by atoms with van der Waals surface area (Å²) in [7, 11) is 4.54. The summed E-state index contributed by atoms with van der Waals surface area (Å²) in [6, 6.07) is 5.39. The van der Waals surface area contributed by atoms with E-state index in [1.807, 2.05) is 6.07 Å². The summed E-state index contributed by atoms with van der Waals surface area (Å²) in [6.45, 7) is 0. The lowest BCUT2D eigenvalue weighted by molar-refractivity contribution is -0.121. The largest absolute Gasteiger partial charge is 0.493 e. The van der Waals surface area contributed by atoms with Gasteiger partial charge in [0.25, 0.3) is 5.91 Å². The molecule has 7 nitrogen and oxygen atoms in total. The van der Waals surface area contributed by atoms with E-state index >= 15 is 0 Å². The van der Waals surface area contributed by atoms with Crippen LogP contribution < -0.4 is 25.1 Å². The number of hydrogen-bond donors (Lipinski definition) is 2. The first kappa shape index (κ1) is 21.0. The summed E-state index contributed by atoms with van der Waals surface area (Å²) in [5, 5.41) is 0. The van der Waals surface area contributed by atoms with Crippen molar-refractivity contribution in [3.63, 3.8) is 0 Å². The molecule has 0 aliphatic heterocycles. The fourth-order valence-electron chi connectivity index (χ4n) is 3.49. The first-order chi connectivity index (χ1) is 14.1. The Hall–Kier alpha value is -2.74. The predicted molar refractivity (Wildman–Crippen MR) is 111 cm³/mol. The van der Waals surface area contributed by atoms with E-state index in [1.54, 1.807) is 12.1 Å². The normalized spacial score (nSPS) is 13.1. The smallest absolute Gasteiger partial charge is 0.279 e. The summed E-state index contributed by atoms with van der Waals surface area (Å²) < 4.78 is 16.0. The summed E-state index contributed by atoms with van der Waals surface area (Å²) in [4.78, 5) is 26.7. The van der Waals surface area contributed by atoms with Crippen LogP contribution in [0.15, 0.2) is 18.2 Å². The van der Waals surface area contributed by atoms with Crippen LogP contribution in [0.2, 0.25) is 0 Å². The summed E-state index contributed by atoms with van der Waals surface area (Å²) in [6.07, 6.45) is 5.62. The van der Waals surface area contributed by atoms with Gasteiger partial charge < -0.3 is 14.2 Å². The van der Waals surface area contributed by atoms with Crippen molar-refractivity contribution in [3.05, 3.63) is 39.1 Å². The van der Waals surface area contributed by atoms with Gasteiger partial charge in [-0.3, -0.25) is 20.4 Å². The Kier molecular flexibility index (Phi) is 6.98. The molecule has 0 bridgehead atoms. The molecule has 1 aromatic heterocycles. The van der Waals surface area contributed by atoms with Crippen molar-refractivity contribution in [2.75, 3.05) is 21.3 Å². The number of nitrogens with one attached hydrogen (secondary N) is 2. The molecular formula is C21H26N2O5S. The molecule has 0 atom stereocenters. The second kappa shape index (κ2) is 9.65. The topological polar surface area (TPSA) is 85.9 Å². The van der Waals surface area contributed by atoms with Crippen LogP contribution in [0.25, 0.3) is 0 Å². The third-order valence-corrected chi connectivity index (χ3v) is 6.16. The Balaban J connectivity index is 1.62. The zero-order valence-electron chi connectivity index (χ0n) is 16.9. The van der Waals surface area contributed by atoms with Gasteiger partial charge in [0.15, 0.2) is 11.5 Å². The van der Waals surface area contributed by atoms with Gasteiger partial charge in [-0.1, -0.05) is 12.5 Å². The van der Waals surface area contributed by atoms with Crippen molar-refractivity contribution in [1.29, 1.82) is 0 Å². The van der Waals surface area contributed by atoms with Gasteiger partial charge in [-0.15, -0.1) is 11.3 Å². The molecule has 0 spiro atoms. The van der Waals surface area contributed by atoms with Crippen LogP contribution in [0.3, 0.4) is 0 Å². The fourth-order valence-corrected chi connectivity index (χ4v) is 4.64. The number of amides is 2. The average Bonchev–Trinajstić information content (AvgIpc) is 3.02. The van der Waals surface area contributed by atoms with E-state index in [4.69, 9.17) is 14.2 Å². The maximum atomic E-state index is 12.4. The van der Waals surface area contributed by atoms with Gasteiger partial charge in [0.1, 0.15) is 0 Å². The SMILES string of the molecule is COc1ccc(CC(=O)NNC(=O)c2cc3c(s2)CCCCC3)c(OC)c1OC. The van der Waals surface area contributed by atoms with Crippen LogP contribution in [0.5, 0.6) is 17.2 Å². The highest BCUT2D eigenvalue weighted by molar-refractivity contribution is 7.14. The summed E-state index contributed by atoms with van der Waals surface area (Å²) >= 11 is 1.51. The van der Waals surface area contributed by atoms with Gasteiger partial charge in [0.05, 0.1) is 32.6 Å². The fraction of sp³-hybridized carbons (Fsp3) is 0.429. The lowest BCUT2D eigenvalue weighted by Crippen LogP contribution is -2.42. The molecule has 2 amide bonds. The Bertz CT molecular complexity index is 870. The monoisotopic (exact) mass is 418 g/mol. The van der Waals surface area contributed by atoms with Crippen LogP contribution in [-0.2, 0) is 24.1 Å². The molecule has 0 radical (unpaired) electrons. The van der Waals surface area contributed by atoms with E-state index in [0.29, 0.717) is 27.7 Å². The lowest BCUT2D eigenvalue weighted by Gasteiger charge is -2.15. The maximum Gasteiger partial charge on any atom is 0.279 e. The number of rotatable bonds is 6. The minimum atomic E-state index is -0.359. The molecular weight excluding hydrogens is 392 g/mol. The molecule has 0 fully saturated rings. The van der Waals surface area contributed by atoms with E-state index in [0.717, 1.165) is 19.3 Å². The van der Waals surface area contributed by atoms with Crippen molar-refractivity contribution >= 4 is 23.2 Å². The molecule has 1 aromatic carbocycles. The third kappa shape index (κ3) is 4.82. The van der Waals surface area contributed by atoms with Crippen LogP contribution in [0.4, 0.5) is 0 Å². The second-order valence-corrected chi connectivity index (χ2v) is 7.93. The van der Waals surface area contributed by atoms with Gasteiger partial charge in [-0.05, 0) is 43.4 Å². The number of ether oxygens (including phenoxy) is 3. The molecule has 0 saturated carbocycles. The van der Waals surface area contributed by atoms with Crippen LogP contribution in [-0.4, -0.2) is 33.1 Å². The van der Waals surface area contributed by atoms with Gasteiger partial charge in [0, 0.05) is 10.4 Å². The number of fused-ring (bicyclic) bond motifs is 1. The van der Waals surface area contributed by atoms with Gasteiger partial charge in [0.2, 0.25) is 11.7 Å². The Labute approximate surface area is 174 Å². The number of hydrazine groups is 1. The molecule has 1 aliphatic rings. The van der Waals surface area contributed by atoms with Crippen molar-refractivity contribution in [2.45, 2.75) is 38.5 Å². The molecule has 1 heterocycles. The summed E-state index contributed by atoms with van der Waals surface area (Å²) in [5.74, 6) is 0.705. The number of methoxy groups -OCH3 is 3.